The summed E-state index contributed by atoms with van der Waals surface area (Å²) in [6.45, 7) is 3.23. The molecule has 1 atom stereocenters. The molecule has 0 saturated carbocycles. The van der Waals surface area contributed by atoms with Crippen LogP contribution in [0.15, 0.2) is 29.2 Å². The van der Waals surface area contributed by atoms with E-state index in [1.807, 2.05) is 31.1 Å². The van der Waals surface area contributed by atoms with E-state index in [9.17, 15) is 18.8 Å². The summed E-state index contributed by atoms with van der Waals surface area (Å²) in [6, 6.07) is 9.02. The number of aliphatic hydroxyl groups excluding tert-OH is 1. The van der Waals surface area contributed by atoms with Crippen LogP contribution in [0.25, 0.3) is 5.57 Å². The van der Waals surface area contributed by atoms with Crippen LogP contribution in [-0.4, -0.2) is 40.3 Å². The molecule has 0 aliphatic rings. The Morgan fingerprint density at radius 2 is 1.91 bits per heavy atom. The molecule has 0 saturated heterocycles. The molecule has 1 aromatic rings. The fourth-order valence-electron chi connectivity index (χ4n) is 1.91. The van der Waals surface area contributed by atoms with Gasteiger partial charge in [0.25, 0.3) is 10.0 Å². The zero-order valence-electron chi connectivity index (χ0n) is 13.9. The van der Waals surface area contributed by atoms with Gasteiger partial charge in [0.15, 0.2) is 4.91 Å². The van der Waals surface area contributed by atoms with Crippen molar-refractivity contribution in [3.05, 3.63) is 34.7 Å². The van der Waals surface area contributed by atoms with Gasteiger partial charge in [-0.2, -0.15) is 5.26 Å². The van der Waals surface area contributed by atoms with Gasteiger partial charge in [0.05, 0.1) is 6.10 Å². The van der Waals surface area contributed by atoms with Gasteiger partial charge in [-0.25, -0.2) is 13.1 Å². The SMILES string of the molecule is CCC(O)CNS(=O)(=O)/C(C#N)=C(\C)c1ccc(N(C)C)cc1. The van der Waals surface area contributed by atoms with E-state index in [1.165, 1.54) is 0 Å². The molecule has 2 N–H and O–H groups in total. The first kappa shape index (κ1) is 19.2. The van der Waals surface area contributed by atoms with Crippen molar-refractivity contribution in [3.63, 3.8) is 0 Å². The second-order valence-corrected chi connectivity index (χ2v) is 7.12. The molecule has 0 aromatic heterocycles. The number of benzene rings is 1. The van der Waals surface area contributed by atoms with Crippen molar-refractivity contribution in [3.8, 4) is 6.07 Å². The molecule has 1 aromatic carbocycles. The highest BCUT2D eigenvalue weighted by atomic mass is 32.2. The molecule has 0 aliphatic heterocycles. The quantitative estimate of drug-likeness (QED) is 0.739. The van der Waals surface area contributed by atoms with Crippen LogP contribution >= 0.6 is 0 Å². The average molecular weight is 337 g/mol. The maximum atomic E-state index is 12.3. The Balaban J connectivity index is 3.14. The summed E-state index contributed by atoms with van der Waals surface area (Å²) in [5.41, 5.74) is 2.01. The molecule has 0 heterocycles. The predicted octanol–water partition coefficient (Wildman–Crippen LogP) is 1.70. The molecule has 23 heavy (non-hydrogen) atoms. The summed E-state index contributed by atoms with van der Waals surface area (Å²) >= 11 is 0. The molecule has 0 spiro atoms. The third-order valence-electron chi connectivity index (χ3n) is 3.51. The zero-order chi connectivity index (χ0) is 17.6. The molecule has 126 valence electrons. The lowest BCUT2D eigenvalue weighted by molar-refractivity contribution is 0.174. The van der Waals surface area contributed by atoms with Crippen LogP contribution in [0.2, 0.25) is 0 Å². The Bertz CT molecular complexity index is 701. The topological polar surface area (TPSA) is 93.4 Å². The first-order valence-electron chi connectivity index (χ1n) is 7.29. The van der Waals surface area contributed by atoms with Gasteiger partial charge in [-0.15, -0.1) is 0 Å². The number of sulfonamides is 1. The smallest absolute Gasteiger partial charge is 0.251 e. The number of nitriles is 1. The first-order chi connectivity index (χ1) is 10.7. The normalized spacial score (nSPS) is 13.9. The van der Waals surface area contributed by atoms with Crippen LogP contribution < -0.4 is 9.62 Å². The summed E-state index contributed by atoms with van der Waals surface area (Å²) in [5.74, 6) is 0. The van der Waals surface area contributed by atoms with Crippen molar-refractivity contribution in [1.82, 2.24) is 4.72 Å². The van der Waals surface area contributed by atoms with Gasteiger partial charge in [0, 0.05) is 26.3 Å². The van der Waals surface area contributed by atoms with Crippen LogP contribution in [0, 0.1) is 11.3 Å². The number of allylic oxidation sites excluding steroid dienone is 2. The van der Waals surface area contributed by atoms with Gasteiger partial charge in [-0.05, 0) is 36.6 Å². The minimum absolute atomic E-state index is 0.114. The van der Waals surface area contributed by atoms with E-state index < -0.39 is 16.1 Å². The predicted molar refractivity (Wildman–Crippen MR) is 92.2 cm³/mol. The van der Waals surface area contributed by atoms with E-state index in [0.717, 1.165) is 5.69 Å². The van der Waals surface area contributed by atoms with Crippen molar-refractivity contribution < 1.29 is 13.5 Å². The van der Waals surface area contributed by atoms with Crippen LogP contribution in [-0.2, 0) is 10.0 Å². The van der Waals surface area contributed by atoms with Gasteiger partial charge in [-0.1, -0.05) is 19.1 Å². The summed E-state index contributed by atoms with van der Waals surface area (Å²) in [7, 11) is -0.136. The molecule has 0 amide bonds. The molecule has 0 aliphatic carbocycles. The molecular formula is C16H23N3O3S. The Labute approximate surface area is 138 Å². The van der Waals surface area contributed by atoms with Gasteiger partial charge in [0.2, 0.25) is 0 Å². The highest BCUT2D eigenvalue weighted by molar-refractivity contribution is 7.93. The fraction of sp³-hybridized carbons (Fsp3) is 0.438. The van der Waals surface area contributed by atoms with Crippen LogP contribution in [0.1, 0.15) is 25.8 Å². The Hall–Kier alpha value is -1.88. The molecular weight excluding hydrogens is 314 g/mol. The Morgan fingerprint density at radius 3 is 2.35 bits per heavy atom. The molecule has 6 nitrogen and oxygen atoms in total. The minimum atomic E-state index is -3.95. The third kappa shape index (κ3) is 5.06. The van der Waals surface area contributed by atoms with Crippen molar-refractivity contribution in [2.24, 2.45) is 0 Å². The third-order valence-corrected chi connectivity index (χ3v) is 4.99. The lowest BCUT2D eigenvalue weighted by Crippen LogP contribution is -2.32. The van der Waals surface area contributed by atoms with Gasteiger partial charge < -0.3 is 10.0 Å². The number of anilines is 1. The summed E-state index contributed by atoms with van der Waals surface area (Å²) in [6.07, 6.45) is -0.344. The number of nitrogens with one attached hydrogen (secondary N) is 1. The van der Waals surface area contributed by atoms with Gasteiger partial charge in [0.1, 0.15) is 6.07 Å². The standard InChI is InChI=1S/C16H23N3O3S/c1-5-15(20)11-18-23(21,22)16(10-17)12(2)13-6-8-14(9-7-13)19(3)4/h6-9,15,18,20H,5,11H2,1-4H3/b16-12+. The molecule has 1 rings (SSSR count). The Kier molecular flexibility index (Phi) is 6.76. The average Bonchev–Trinajstić information content (AvgIpc) is 2.53. The monoisotopic (exact) mass is 337 g/mol. The maximum absolute atomic E-state index is 12.3. The molecule has 1 unspecified atom stereocenters. The zero-order valence-corrected chi connectivity index (χ0v) is 14.7. The lowest BCUT2D eigenvalue weighted by Gasteiger charge is -2.14. The first-order valence-corrected chi connectivity index (χ1v) is 8.77. The molecule has 0 bridgehead atoms. The van der Waals surface area contributed by atoms with E-state index >= 15 is 0 Å². The molecule has 0 fully saturated rings. The largest absolute Gasteiger partial charge is 0.392 e. The maximum Gasteiger partial charge on any atom is 0.251 e. The fourth-order valence-corrected chi connectivity index (χ4v) is 3.11. The Morgan fingerprint density at radius 1 is 1.35 bits per heavy atom. The molecule has 7 heteroatoms. The van der Waals surface area contributed by atoms with E-state index in [4.69, 9.17) is 0 Å². The van der Waals surface area contributed by atoms with E-state index in [1.54, 1.807) is 32.0 Å². The molecule has 0 radical (unpaired) electrons. The number of rotatable bonds is 7. The summed E-state index contributed by atoms with van der Waals surface area (Å²) < 4.78 is 26.8. The van der Waals surface area contributed by atoms with Crippen molar-refractivity contribution >= 4 is 21.3 Å². The van der Waals surface area contributed by atoms with Crippen LogP contribution in [0.4, 0.5) is 5.69 Å². The van der Waals surface area contributed by atoms with E-state index in [0.29, 0.717) is 17.6 Å². The highest BCUT2D eigenvalue weighted by Gasteiger charge is 2.21. The summed E-state index contributed by atoms with van der Waals surface area (Å²) in [4.78, 5) is 1.59. The van der Waals surface area contributed by atoms with E-state index in [2.05, 4.69) is 4.72 Å². The van der Waals surface area contributed by atoms with E-state index in [-0.39, 0.29) is 11.4 Å². The number of aliphatic hydroxyl groups is 1. The van der Waals surface area contributed by atoms with Crippen molar-refractivity contribution in [1.29, 1.82) is 5.26 Å². The summed E-state index contributed by atoms with van der Waals surface area (Å²) in [5, 5.41) is 18.7. The lowest BCUT2D eigenvalue weighted by atomic mass is 10.1. The second-order valence-electron chi connectivity index (χ2n) is 5.42. The number of nitrogens with zero attached hydrogens (tertiary/aromatic N) is 2. The highest BCUT2D eigenvalue weighted by Crippen LogP contribution is 2.23. The van der Waals surface area contributed by atoms with Crippen molar-refractivity contribution in [2.45, 2.75) is 26.4 Å². The van der Waals surface area contributed by atoms with Crippen molar-refractivity contribution in [2.75, 3.05) is 25.5 Å². The van der Waals surface area contributed by atoms with Crippen LogP contribution in [0.5, 0.6) is 0 Å². The number of hydrogen-bond acceptors (Lipinski definition) is 5. The second kappa shape index (κ2) is 8.11. The number of hydrogen-bond donors (Lipinski definition) is 2. The van der Waals surface area contributed by atoms with Gasteiger partial charge >= 0.3 is 0 Å². The van der Waals surface area contributed by atoms with Gasteiger partial charge in [-0.3, -0.25) is 0 Å². The van der Waals surface area contributed by atoms with Crippen LogP contribution in [0.3, 0.4) is 0 Å². The minimum Gasteiger partial charge on any atom is -0.392 e.